The summed E-state index contributed by atoms with van der Waals surface area (Å²) in [7, 11) is 0. The molecule has 1 aromatic heterocycles. The Morgan fingerprint density at radius 1 is 1.09 bits per heavy atom. The van der Waals surface area contributed by atoms with E-state index in [-0.39, 0.29) is 19.3 Å². The third-order valence-electron chi connectivity index (χ3n) is 5.20. The van der Waals surface area contributed by atoms with E-state index in [2.05, 4.69) is 25.9 Å². The molecule has 0 radical (unpaired) electrons. The van der Waals surface area contributed by atoms with Gasteiger partial charge in [0.15, 0.2) is 0 Å². The van der Waals surface area contributed by atoms with Crippen LogP contribution in [-0.2, 0) is 25.6 Å². The van der Waals surface area contributed by atoms with Crippen LogP contribution in [0, 0.1) is 0 Å². The maximum Gasteiger partial charge on any atom is 0.326 e. The topological polar surface area (TPSA) is 226 Å². The second-order valence-corrected chi connectivity index (χ2v) is 9.13. The van der Waals surface area contributed by atoms with Gasteiger partial charge in [0.05, 0.1) is 18.5 Å². The highest BCUT2D eigenvalue weighted by atomic mass is 32.2. The minimum absolute atomic E-state index is 0.175. The largest absolute Gasteiger partial charge is 0.480 e. The number of amides is 3. The highest BCUT2D eigenvalue weighted by Crippen LogP contribution is 2.06. The summed E-state index contributed by atoms with van der Waals surface area (Å²) >= 11 is 1.42. The Morgan fingerprint density at radius 2 is 1.77 bits per heavy atom. The molecule has 3 amide bonds. The molecule has 0 saturated heterocycles. The van der Waals surface area contributed by atoms with Gasteiger partial charge in [0, 0.05) is 18.3 Å². The summed E-state index contributed by atoms with van der Waals surface area (Å²) in [6.07, 6.45) is 5.18. The van der Waals surface area contributed by atoms with Crippen LogP contribution in [0.3, 0.4) is 0 Å². The van der Waals surface area contributed by atoms with E-state index in [1.165, 1.54) is 31.2 Å². The van der Waals surface area contributed by atoms with Gasteiger partial charge in [-0.3, -0.25) is 14.4 Å². The maximum absolute atomic E-state index is 13.0. The van der Waals surface area contributed by atoms with Crippen molar-refractivity contribution in [2.75, 3.05) is 18.6 Å². The van der Waals surface area contributed by atoms with Gasteiger partial charge in [-0.1, -0.05) is 0 Å². The quantitative estimate of drug-likeness (QED) is 0.107. The number of carboxylic acid groups (broad SMARTS) is 1. The van der Waals surface area contributed by atoms with Crippen molar-refractivity contribution in [2.24, 2.45) is 11.5 Å². The summed E-state index contributed by atoms with van der Waals surface area (Å²) < 4.78 is 0. The molecule has 14 heteroatoms. The smallest absolute Gasteiger partial charge is 0.326 e. The molecule has 198 valence electrons. The van der Waals surface area contributed by atoms with Gasteiger partial charge in [0.2, 0.25) is 17.7 Å². The van der Waals surface area contributed by atoms with E-state index < -0.39 is 54.0 Å². The zero-order chi connectivity index (χ0) is 26.4. The van der Waals surface area contributed by atoms with Crippen LogP contribution in [0.5, 0.6) is 0 Å². The van der Waals surface area contributed by atoms with Crippen molar-refractivity contribution >= 4 is 35.5 Å². The molecule has 5 unspecified atom stereocenters. The number of imidazole rings is 1. The van der Waals surface area contributed by atoms with E-state index >= 15 is 0 Å². The van der Waals surface area contributed by atoms with Crippen LogP contribution in [0.15, 0.2) is 12.5 Å². The second-order valence-electron chi connectivity index (χ2n) is 8.14. The van der Waals surface area contributed by atoms with Crippen LogP contribution >= 0.6 is 11.8 Å². The van der Waals surface area contributed by atoms with Crippen molar-refractivity contribution in [3.63, 3.8) is 0 Å². The van der Waals surface area contributed by atoms with E-state index in [1.54, 1.807) is 6.26 Å². The molecule has 1 heterocycles. The van der Waals surface area contributed by atoms with Crippen molar-refractivity contribution in [3.05, 3.63) is 18.2 Å². The fourth-order valence-electron chi connectivity index (χ4n) is 3.18. The van der Waals surface area contributed by atoms with Crippen LogP contribution < -0.4 is 27.4 Å². The maximum atomic E-state index is 13.0. The average molecular weight is 516 g/mol. The number of nitrogens with two attached hydrogens (primary N) is 2. The first kappa shape index (κ1) is 30.4. The van der Waals surface area contributed by atoms with E-state index in [0.717, 1.165) is 0 Å². The molecule has 0 spiro atoms. The number of aliphatic hydroxyl groups excluding tert-OH is 1. The number of H-pyrrole nitrogens is 1. The predicted octanol–water partition coefficient (Wildman–Crippen LogP) is -1.92. The van der Waals surface area contributed by atoms with Crippen LogP contribution in [0.4, 0.5) is 0 Å². The van der Waals surface area contributed by atoms with Crippen molar-refractivity contribution in [1.82, 2.24) is 25.9 Å². The number of carbonyl (C=O) groups excluding carboxylic acids is 3. The Bertz CT molecular complexity index is 808. The SMILES string of the molecule is CSCCC(NC(=O)C(NC(=O)C(CCCCN)NC(=O)C(N)Cc1cnc[nH]1)C(C)O)C(=O)O. The van der Waals surface area contributed by atoms with Crippen molar-refractivity contribution in [2.45, 2.75) is 69.3 Å². The molecule has 0 aromatic carbocycles. The Morgan fingerprint density at radius 3 is 2.31 bits per heavy atom. The number of aromatic amines is 1. The third kappa shape index (κ3) is 11.1. The summed E-state index contributed by atoms with van der Waals surface area (Å²) in [6, 6.07) is -4.59. The molecule has 0 bridgehead atoms. The number of carboxylic acids is 1. The molecule has 35 heavy (non-hydrogen) atoms. The number of hydrogen-bond donors (Lipinski definition) is 8. The molecule has 0 aliphatic carbocycles. The standard InChI is InChI=1S/C21H37N7O6S/c1-12(29)17(20(32)27-16(21(33)34)6-8-35-2)28-19(31)15(5-3-4-7-22)26-18(30)14(23)9-13-10-24-11-25-13/h10-12,14-17,29H,3-9,22-23H2,1-2H3,(H,24,25)(H,26,30)(H,27,32)(H,28,31)(H,33,34). The lowest BCUT2D eigenvalue weighted by Gasteiger charge is -2.26. The first-order chi connectivity index (χ1) is 16.6. The minimum atomic E-state index is -1.42. The summed E-state index contributed by atoms with van der Waals surface area (Å²) in [6.45, 7) is 1.69. The van der Waals surface area contributed by atoms with Crippen LogP contribution in [-0.4, -0.2) is 92.7 Å². The van der Waals surface area contributed by atoms with Crippen molar-refractivity contribution < 1.29 is 29.4 Å². The molecule has 0 saturated carbocycles. The van der Waals surface area contributed by atoms with Gasteiger partial charge < -0.3 is 42.6 Å². The van der Waals surface area contributed by atoms with Crippen LogP contribution in [0.1, 0.15) is 38.3 Å². The number of nitrogens with zero attached hydrogens (tertiary/aromatic N) is 1. The molecule has 0 aliphatic rings. The molecule has 5 atom stereocenters. The van der Waals surface area contributed by atoms with Crippen molar-refractivity contribution in [3.8, 4) is 0 Å². The molecule has 0 aliphatic heterocycles. The number of nitrogens with one attached hydrogen (secondary N) is 4. The molecule has 13 nitrogen and oxygen atoms in total. The van der Waals surface area contributed by atoms with Gasteiger partial charge in [-0.15, -0.1) is 0 Å². The minimum Gasteiger partial charge on any atom is -0.480 e. The number of carbonyl (C=O) groups is 4. The molecular formula is C21H37N7O6S. The molecular weight excluding hydrogens is 478 g/mol. The Balaban J connectivity index is 2.89. The summed E-state index contributed by atoms with van der Waals surface area (Å²) in [5.74, 6) is -2.85. The monoisotopic (exact) mass is 515 g/mol. The number of aliphatic hydroxyl groups is 1. The number of hydrogen-bond acceptors (Lipinski definition) is 9. The fourth-order valence-corrected chi connectivity index (χ4v) is 3.65. The normalized spacial score (nSPS) is 15.3. The van der Waals surface area contributed by atoms with E-state index in [4.69, 9.17) is 11.5 Å². The average Bonchev–Trinajstić information content (AvgIpc) is 3.31. The van der Waals surface area contributed by atoms with E-state index in [1.807, 2.05) is 0 Å². The first-order valence-electron chi connectivity index (χ1n) is 11.3. The van der Waals surface area contributed by atoms with Gasteiger partial charge in [0.1, 0.15) is 18.1 Å². The lowest BCUT2D eigenvalue weighted by molar-refractivity contribution is -0.143. The summed E-state index contributed by atoms with van der Waals surface area (Å²) in [5.41, 5.74) is 12.1. The number of unbranched alkanes of at least 4 members (excludes halogenated alkanes) is 1. The number of rotatable bonds is 17. The second kappa shape index (κ2) is 16.1. The Labute approximate surface area is 208 Å². The van der Waals surface area contributed by atoms with Crippen molar-refractivity contribution in [1.29, 1.82) is 0 Å². The van der Waals surface area contributed by atoms with Gasteiger partial charge in [-0.05, 0) is 51.2 Å². The molecule has 0 fully saturated rings. The highest BCUT2D eigenvalue weighted by molar-refractivity contribution is 7.98. The zero-order valence-corrected chi connectivity index (χ0v) is 20.8. The predicted molar refractivity (Wildman–Crippen MR) is 131 cm³/mol. The van der Waals surface area contributed by atoms with Gasteiger partial charge in [-0.2, -0.15) is 11.8 Å². The summed E-state index contributed by atoms with van der Waals surface area (Å²) in [4.78, 5) is 56.5. The van der Waals surface area contributed by atoms with Crippen LogP contribution in [0.2, 0.25) is 0 Å². The Hall–Kier alpha value is -2.68. The lowest BCUT2D eigenvalue weighted by atomic mass is 10.0. The highest BCUT2D eigenvalue weighted by Gasteiger charge is 2.32. The van der Waals surface area contributed by atoms with E-state index in [0.29, 0.717) is 30.8 Å². The lowest BCUT2D eigenvalue weighted by Crippen LogP contribution is -2.60. The number of aliphatic carboxylic acids is 1. The third-order valence-corrected chi connectivity index (χ3v) is 5.84. The summed E-state index contributed by atoms with van der Waals surface area (Å²) in [5, 5.41) is 26.8. The van der Waals surface area contributed by atoms with Gasteiger partial charge in [0.25, 0.3) is 0 Å². The molecule has 10 N–H and O–H groups in total. The van der Waals surface area contributed by atoms with E-state index in [9.17, 15) is 29.4 Å². The Kier molecular flexibility index (Phi) is 13.9. The first-order valence-corrected chi connectivity index (χ1v) is 12.7. The zero-order valence-electron chi connectivity index (χ0n) is 20.0. The molecule has 1 aromatic rings. The van der Waals surface area contributed by atoms with Crippen LogP contribution in [0.25, 0.3) is 0 Å². The van der Waals surface area contributed by atoms with Gasteiger partial charge in [-0.25, -0.2) is 9.78 Å². The fraction of sp³-hybridized carbons (Fsp3) is 0.667. The number of aromatic nitrogens is 2. The number of thioether (sulfide) groups is 1. The van der Waals surface area contributed by atoms with Gasteiger partial charge >= 0.3 is 5.97 Å². The molecule has 1 rings (SSSR count).